The molecule has 0 aliphatic rings. The third kappa shape index (κ3) is 2.97. The average molecular weight is 370 g/mol. The van der Waals surface area contributed by atoms with Crippen molar-refractivity contribution >= 4 is 43.6 Å². The zero-order chi connectivity index (χ0) is 13.1. The van der Waals surface area contributed by atoms with Gasteiger partial charge in [0.15, 0.2) is 0 Å². The Morgan fingerprint density at radius 1 is 1.17 bits per heavy atom. The summed E-state index contributed by atoms with van der Waals surface area (Å²) in [4.78, 5) is 16.3. The fourth-order valence-corrected chi connectivity index (χ4v) is 2.22. The molecule has 3 nitrogen and oxygen atoms in total. The van der Waals surface area contributed by atoms with Gasteiger partial charge in [-0.25, -0.2) is 4.98 Å². The van der Waals surface area contributed by atoms with Crippen LogP contribution in [0.4, 0.5) is 5.82 Å². The number of amides is 1. The number of hydrogen-bond donors (Lipinski definition) is 1. The highest BCUT2D eigenvalue weighted by Crippen LogP contribution is 2.20. The number of rotatable bonds is 2. The van der Waals surface area contributed by atoms with Crippen LogP contribution in [-0.2, 0) is 0 Å². The maximum Gasteiger partial charge on any atom is 0.257 e. The summed E-state index contributed by atoms with van der Waals surface area (Å²) in [7, 11) is 0. The maximum atomic E-state index is 12.1. The fourth-order valence-electron chi connectivity index (χ4n) is 1.51. The smallest absolute Gasteiger partial charge is 0.257 e. The van der Waals surface area contributed by atoms with Gasteiger partial charge in [-0.2, -0.15) is 0 Å². The van der Waals surface area contributed by atoms with E-state index in [0.29, 0.717) is 16.0 Å². The van der Waals surface area contributed by atoms with Crippen LogP contribution < -0.4 is 5.32 Å². The average Bonchev–Trinajstić information content (AvgIpc) is 2.32. The molecule has 18 heavy (non-hydrogen) atoms. The first kappa shape index (κ1) is 13.2. The van der Waals surface area contributed by atoms with Crippen molar-refractivity contribution in [2.75, 3.05) is 5.32 Å². The van der Waals surface area contributed by atoms with Crippen molar-refractivity contribution in [1.29, 1.82) is 0 Å². The van der Waals surface area contributed by atoms with Gasteiger partial charge in [-0.1, -0.05) is 28.1 Å². The van der Waals surface area contributed by atoms with Crippen LogP contribution in [0.5, 0.6) is 0 Å². The van der Waals surface area contributed by atoms with E-state index in [1.165, 1.54) is 0 Å². The van der Waals surface area contributed by atoms with Gasteiger partial charge in [0.1, 0.15) is 10.4 Å². The van der Waals surface area contributed by atoms with Crippen molar-refractivity contribution in [1.82, 2.24) is 4.98 Å². The highest BCUT2D eigenvalue weighted by molar-refractivity contribution is 9.10. The number of hydrogen-bond acceptors (Lipinski definition) is 2. The molecule has 1 heterocycles. The zero-order valence-electron chi connectivity index (χ0n) is 9.58. The standard InChI is InChI=1S/C13H10Br2N2O/c1-8-9(4-2-5-10(8)14)13(18)17-12-7-3-6-11(15)16-12/h2-7H,1H3,(H,16,17,18). The van der Waals surface area contributed by atoms with Crippen LogP contribution in [0, 0.1) is 6.92 Å². The van der Waals surface area contributed by atoms with Crippen molar-refractivity contribution in [2.24, 2.45) is 0 Å². The Kier molecular flexibility index (Phi) is 4.14. The van der Waals surface area contributed by atoms with Crippen LogP contribution in [0.3, 0.4) is 0 Å². The van der Waals surface area contributed by atoms with Crippen LogP contribution >= 0.6 is 31.9 Å². The maximum absolute atomic E-state index is 12.1. The topological polar surface area (TPSA) is 42.0 Å². The van der Waals surface area contributed by atoms with Gasteiger partial charge in [0, 0.05) is 10.0 Å². The molecular weight excluding hydrogens is 360 g/mol. The lowest BCUT2D eigenvalue weighted by atomic mass is 10.1. The highest BCUT2D eigenvalue weighted by atomic mass is 79.9. The first-order chi connectivity index (χ1) is 8.58. The largest absolute Gasteiger partial charge is 0.307 e. The van der Waals surface area contributed by atoms with Gasteiger partial charge in [0.05, 0.1) is 0 Å². The number of carbonyl (C=O) groups is 1. The molecule has 0 bridgehead atoms. The Hall–Kier alpha value is -1.20. The van der Waals surface area contributed by atoms with Gasteiger partial charge < -0.3 is 5.32 Å². The summed E-state index contributed by atoms with van der Waals surface area (Å²) in [6, 6.07) is 10.9. The van der Waals surface area contributed by atoms with Crippen molar-refractivity contribution in [3.8, 4) is 0 Å². The van der Waals surface area contributed by atoms with E-state index < -0.39 is 0 Å². The van der Waals surface area contributed by atoms with Gasteiger partial charge in [-0.3, -0.25) is 4.79 Å². The number of aromatic nitrogens is 1. The van der Waals surface area contributed by atoms with Crippen LogP contribution in [0.15, 0.2) is 45.5 Å². The molecule has 1 amide bonds. The van der Waals surface area contributed by atoms with E-state index in [9.17, 15) is 4.79 Å². The number of halogens is 2. The monoisotopic (exact) mass is 368 g/mol. The van der Waals surface area contributed by atoms with Gasteiger partial charge in [-0.15, -0.1) is 0 Å². The molecule has 0 saturated heterocycles. The van der Waals surface area contributed by atoms with Crippen molar-refractivity contribution in [2.45, 2.75) is 6.92 Å². The highest BCUT2D eigenvalue weighted by Gasteiger charge is 2.11. The minimum absolute atomic E-state index is 0.167. The molecule has 0 fully saturated rings. The SMILES string of the molecule is Cc1c(Br)cccc1C(=O)Nc1cccc(Br)n1. The van der Waals surface area contributed by atoms with E-state index in [2.05, 4.69) is 42.2 Å². The van der Waals surface area contributed by atoms with Crippen molar-refractivity contribution < 1.29 is 4.79 Å². The number of anilines is 1. The Balaban J connectivity index is 2.25. The van der Waals surface area contributed by atoms with E-state index in [4.69, 9.17) is 0 Å². The summed E-state index contributed by atoms with van der Waals surface area (Å²) in [6.07, 6.45) is 0. The lowest BCUT2D eigenvalue weighted by Crippen LogP contribution is -2.14. The molecule has 0 aliphatic heterocycles. The fraction of sp³-hybridized carbons (Fsp3) is 0.0769. The summed E-state index contributed by atoms with van der Waals surface area (Å²) in [5.74, 6) is 0.355. The number of benzene rings is 1. The summed E-state index contributed by atoms with van der Waals surface area (Å²) in [5.41, 5.74) is 1.54. The number of carbonyl (C=O) groups excluding carboxylic acids is 1. The predicted molar refractivity (Wildman–Crippen MR) is 78.8 cm³/mol. The first-order valence-electron chi connectivity index (χ1n) is 5.27. The molecule has 2 aromatic rings. The Bertz CT molecular complexity index is 599. The van der Waals surface area contributed by atoms with Crippen LogP contribution in [0.25, 0.3) is 0 Å². The van der Waals surface area contributed by atoms with Crippen LogP contribution in [0.1, 0.15) is 15.9 Å². The lowest BCUT2D eigenvalue weighted by molar-refractivity contribution is 0.102. The molecule has 1 aromatic carbocycles. The van der Waals surface area contributed by atoms with E-state index in [-0.39, 0.29) is 5.91 Å². The molecule has 0 atom stereocenters. The third-order valence-corrected chi connectivity index (χ3v) is 3.77. The molecule has 5 heteroatoms. The number of nitrogens with zero attached hydrogens (tertiary/aromatic N) is 1. The molecule has 2 rings (SSSR count). The second-order valence-electron chi connectivity index (χ2n) is 3.71. The van der Waals surface area contributed by atoms with Gasteiger partial charge >= 0.3 is 0 Å². The number of nitrogens with one attached hydrogen (secondary N) is 1. The Morgan fingerprint density at radius 2 is 1.89 bits per heavy atom. The molecule has 1 N–H and O–H groups in total. The minimum Gasteiger partial charge on any atom is -0.307 e. The Labute approximate surface area is 122 Å². The molecule has 0 unspecified atom stereocenters. The lowest BCUT2D eigenvalue weighted by Gasteiger charge is -2.08. The van der Waals surface area contributed by atoms with Crippen LogP contribution in [-0.4, -0.2) is 10.9 Å². The molecule has 0 spiro atoms. The van der Waals surface area contributed by atoms with Crippen molar-refractivity contribution in [3.05, 3.63) is 56.6 Å². The van der Waals surface area contributed by atoms with Gasteiger partial charge in [-0.05, 0) is 52.7 Å². The van der Waals surface area contributed by atoms with E-state index in [1.807, 2.05) is 25.1 Å². The number of pyridine rings is 1. The molecule has 92 valence electrons. The van der Waals surface area contributed by atoms with E-state index in [1.54, 1.807) is 18.2 Å². The molecular formula is C13H10Br2N2O. The van der Waals surface area contributed by atoms with Crippen molar-refractivity contribution in [3.63, 3.8) is 0 Å². The quantitative estimate of drug-likeness (QED) is 0.807. The van der Waals surface area contributed by atoms with E-state index >= 15 is 0 Å². The van der Waals surface area contributed by atoms with Crippen LogP contribution in [0.2, 0.25) is 0 Å². The molecule has 0 aliphatic carbocycles. The minimum atomic E-state index is -0.167. The van der Waals surface area contributed by atoms with E-state index in [0.717, 1.165) is 10.0 Å². The summed E-state index contributed by atoms with van der Waals surface area (Å²) in [5, 5.41) is 2.77. The normalized spacial score (nSPS) is 10.2. The summed E-state index contributed by atoms with van der Waals surface area (Å²) in [6.45, 7) is 1.90. The zero-order valence-corrected chi connectivity index (χ0v) is 12.7. The van der Waals surface area contributed by atoms with Gasteiger partial charge in [0.25, 0.3) is 5.91 Å². The molecule has 0 saturated carbocycles. The Morgan fingerprint density at radius 3 is 2.61 bits per heavy atom. The summed E-state index contributed by atoms with van der Waals surface area (Å²) >= 11 is 6.67. The second-order valence-corrected chi connectivity index (χ2v) is 5.38. The summed E-state index contributed by atoms with van der Waals surface area (Å²) < 4.78 is 1.60. The predicted octanol–water partition coefficient (Wildman–Crippen LogP) is 4.17. The van der Waals surface area contributed by atoms with Gasteiger partial charge in [0.2, 0.25) is 0 Å². The third-order valence-electron chi connectivity index (χ3n) is 2.47. The second kappa shape index (κ2) is 5.63. The first-order valence-corrected chi connectivity index (χ1v) is 6.85. The molecule has 1 aromatic heterocycles. The molecule has 0 radical (unpaired) electrons.